The van der Waals surface area contributed by atoms with Crippen molar-refractivity contribution in [2.45, 2.75) is 26.7 Å². The van der Waals surface area contributed by atoms with Crippen LogP contribution in [0.5, 0.6) is 0 Å². The van der Waals surface area contributed by atoms with Crippen LogP contribution in [0.25, 0.3) is 0 Å². The summed E-state index contributed by atoms with van der Waals surface area (Å²) in [6.45, 7) is 14.9. The number of halogens is 1. The molecule has 1 aromatic carbocycles. The molecule has 0 atom stereocenters. The van der Waals surface area contributed by atoms with Gasteiger partial charge in [0.2, 0.25) is 0 Å². The van der Waals surface area contributed by atoms with Gasteiger partial charge in [-0.25, -0.2) is 0 Å². The summed E-state index contributed by atoms with van der Waals surface area (Å²) in [6, 6.07) is 10.6. The molecule has 166 valence electrons. The van der Waals surface area contributed by atoms with Crippen molar-refractivity contribution in [1.82, 2.24) is 20.4 Å². The zero-order chi connectivity index (χ0) is 20.0. The molecule has 2 N–H and O–H groups in total. The third kappa shape index (κ3) is 10.5. The molecule has 0 bridgehead atoms. The average Bonchev–Trinajstić information content (AvgIpc) is 2.93. The summed E-state index contributed by atoms with van der Waals surface area (Å²) in [6.07, 6.45) is 2.32. The van der Waals surface area contributed by atoms with E-state index in [0.717, 1.165) is 58.2 Å². The Kier molecular flexibility index (Phi) is 14.1. The number of nitrogens with one attached hydrogen (secondary N) is 2. The van der Waals surface area contributed by atoms with E-state index in [4.69, 9.17) is 4.99 Å². The monoisotopic (exact) mass is 516 g/mol. The van der Waals surface area contributed by atoms with Crippen LogP contribution in [0.4, 0.5) is 5.69 Å². The molecule has 1 saturated heterocycles. The van der Waals surface area contributed by atoms with Crippen LogP contribution in [-0.2, 0) is 0 Å². The molecule has 0 radical (unpaired) electrons. The Bertz CT molecular complexity index is 553. The van der Waals surface area contributed by atoms with Crippen LogP contribution in [0.15, 0.2) is 35.3 Å². The minimum Gasteiger partial charge on any atom is -0.372 e. The lowest BCUT2D eigenvalue weighted by molar-refractivity contribution is 0.280. The highest BCUT2D eigenvalue weighted by Gasteiger charge is 2.11. The number of aliphatic imine (C=N–C) groups is 1. The van der Waals surface area contributed by atoms with Gasteiger partial charge in [0.05, 0.1) is 0 Å². The topological polar surface area (TPSA) is 46.1 Å². The van der Waals surface area contributed by atoms with E-state index in [9.17, 15) is 0 Å². The minimum atomic E-state index is 0. The van der Waals surface area contributed by atoms with Crippen LogP contribution in [0.2, 0.25) is 0 Å². The van der Waals surface area contributed by atoms with Crippen LogP contribution < -0.4 is 15.5 Å². The lowest BCUT2D eigenvalue weighted by Gasteiger charge is -2.23. The maximum Gasteiger partial charge on any atom is 0.191 e. The van der Waals surface area contributed by atoms with Crippen molar-refractivity contribution >= 4 is 35.6 Å². The first-order valence-electron chi connectivity index (χ1n) is 11.0. The zero-order valence-electron chi connectivity index (χ0n) is 18.6. The summed E-state index contributed by atoms with van der Waals surface area (Å²) in [7, 11) is 2.22. The molecule has 29 heavy (non-hydrogen) atoms. The molecular formula is C22H41IN6. The number of nitrogens with zero attached hydrogens (tertiary/aromatic N) is 4. The third-order valence-electron chi connectivity index (χ3n) is 5.24. The molecule has 1 aliphatic heterocycles. The summed E-state index contributed by atoms with van der Waals surface area (Å²) in [5, 5.41) is 6.88. The summed E-state index contributed by atoms with van der Waals surface area (Å²) in [4.78, 5) is 12.2. The fourth-order valence-corrected chi connectivity index (χ4v) is 3.56. The summed E-state index contributed by atoms with van der Waals surface area (Å²) in [5.41, 5.74) is 1.29. The number of hydrogen-bond donors (Lipinski definition) is 2. The maximum atomic E-state index is 4.77. The molecule has 0 unspecified atom stereocenters. The molecule has 0 aromatic heterocycles. The Morgan fingerprint density at radius 2 is 1.86 bits per heavy atom. The van der Waals surface area contributed by atoms with Crippen LogP contribution >= 0.6 is 24.0 Å². The summed E-state index contributed by atoms with van der Waals surface area (Å²) < 4.78 is 0. The van der Waals surface area contributed by atoms with Gasteiger partial charge in [-0.2, -0.15) is 0 Å². The van der Waals surface area contributed by atoms with E-state index < -0.39 is 0 Å². The van der Waals surface area contributed by atoms with Crippen molar-refractivity contribution < 1.29 is 0 Å². The smallest absolute Gasteiger partial charge is 0.191 e. The highest BCUT2D eigenvalue weighted by atomic mass is 127. The fraction of sp³-hybridized carbons (Fsp3) is 0.682. The van der Waals surface area contributed by atoms with E-state index >= 15 is 0 Å². The average molecular weight is 517 g/mol. The lowest BCUT2D eigenvalue weighted by atomic mass is 10.2. The van der Waals surface area contributed by atoms with Crippen molar-refractivity contribution in [3.8, 4) is 0 Å². The predicted molar refractivity (Wildman–Crippen MR) is 137 cm³/mol. The second-order valence-corrected chi connectivity index (χ2v) is 7.45. The molecule has 0 spiro atoms. The van der Waals surface area contributed by atoms with E-state index in [-0.39, 0.29) is 24.0 Å². The maximum absolute atomic E-state index is 4.77. The van der Waals surface area contributed by atoms with E-state index in [2.05, 4.69) is 76.6 Å². The minimum absolute atomic E-state index is 0. The largest absolute Gasteiger partial charge is 0.372 e. The Balaban J connectivity index is 0.00000420. The van der Waals surface area contributed by atoms with Gasteiger partial charge in [0.25, 0.3) is 0 Å². The quantitative estimate of drug-likeness (QED) is 0.217. The van der Waals surface area contributed by atoms with Gasteiger partial charge in [-0.05, 0) is 59.0 Å². The summed E-state index contributed by atoms with van der Waals surface area (Å²) >= 11 is 0. The fourth-order valence-electron chi connectivity index (χ4n) is 3.56. The van der Waals surface area contributed by atoms with Crippen molar-refractivity contribution in [1.29, 1.82) is 0 Å². The molecule has 1 aromatic rings. The van der Waals surface area contributed by atoms with Gasteiger partial charge in [-0.1, -0.05) is 18.2 Å². The van der Waals surface area contributed by atoms with Gasteiger partial charge in [0, 0.05) is 58.0 Å². The normalized spacial score (nSPS) is 16.0. The molecule has 7 heteroatoms. The van der Waals surface area contributed by atoms with Gasteiger partial charge >= 0.3 is 0 Å². The van der Waals surface area contributed by atoms with Crippen molar-refractivity contribution in [2.75, 3.05) is 77.4 Å². The van der Waals surface area contributed by atoms with Gasteiger partial charge in [-0.3, -0.25) is 4.99 Å². The second-order valence-electron chi connectivity index (χ2n) is 7.45. The Morgan fingerprint density at radius 1 is 1.07 bits per heavy atom. The third-order valence-corrected chi connectivity index (χ3v) is 5.24. The number of hydrogen-bond acceptors (Lipinski definition) is 4. The Morgan fingerprint density at radius 3 is 2.59 bits per heavy atom. The number of likely N-dealkylation sites (N-methyl/N-ethyl adjacent to an activating group) is 1. The van der Waals surface area contributed by atoms with E-state index in [0.29, 0.717) is 0 Å². The molecular weight excluding hydrogens is 475 g/mol. The molecule has 0 amide bonds. The second kappa shape index (κ2) is 15.7. The van der Waals surface area contributed by atoms with Gasteiger partial charge in [0.1, 0.15) is 0 Å². The zero-order valence-corrected chi connectivity index (χ0v) is 20.9. The predicted octanol–water partition coefficient (Wildman–Crippen LogP) is 2.71. The highest BCUT2D eigenvalue weighted by molar-refractivity contribution is 14.0. The number of rotatable bonds is 10. The van der Waals surface area contributed by atoms with Gasteiger partial charge in [0.15, 0.2) is 5.96 Å². The highest BCUT2D eigenvalue weighted by Crippen LogP contribution is 2.12. The lowest BCUT2D eigenvalue weighted by Crippen LogP contribution is -2.42. The number of para-hydroxylation sites is 1. The van der Waals surface area contributed by atoms with Crippen LogP contribution in [0, 0.1) is 0 Å². The van der Waals surface area contributed by atoms with E-state index in [1.807, 2.05) is 0 Å². The molecule has 1 aliphatic rings. The molecule has 0 aliphatic carbocycles. The van der Waals surface area contributed by atoms with Crippen LogP contribution in [0.3, 0.4) is 0 Å². The van der Waals surface area contributed by atoms with E-state index in [1.54, 1.807) is 0 Å². The molecule has 1 heterocycles. The first-order chi connectivity index (χ1) is 13.7. The first-order valence-corrected chi connectivity index (χ1v) is 11.0. The standard InChI is InChI=1S/C22H40N6.HI/c1-4-23-22(25-14-18-27-16-10-15-26(3)19-20-27)24-13-9-17-28(5-2)21-11-7-6-8-12-21;/h6-8,11-12H,4-5,9-10,13-20H2,1-3H3,(H2,23,24,25);1H. The van der Waals surface area contributed by atoms with Crippen LogP contribution in [-0.4, -0.2) is 88.3 Å². The number of anilines is 1. The summed E-state index contributed by atoms with van der Waals surface area (Å²) in [5.74, 6) is 0.942. The SMILES string of the molecule is CCNC(=NCCCN(CC)c1ccccc1)NCCN1CCCN(C)CC1.I. The Hall–Kier alpha value is -1.06. The van der Waals surface area contributed by atoms with Crippen molar-refractivity contribution in [2.24, 2.45) is 4.99 Å². The first kappa shape index (κ1) is 26.0. The molecule has 2 rings (SSSR count). The molecule has 1 fully saturated rings. The van der Waals surface area contributed by atoms with E-state index in [1.165, 1.54) is 31.7 Å². The van der Waals surface area contributed by atoms with Crippen LogP contribution in [0.1, 0.15) is 26.7 Å². The number of benzene rings is 1. The van der Waals surface area contributed by atoms with Gasteiger partial charge in [-0.15, -0.1) is 24.0 Å². The molecule has 0 saturated carbocycles. The van der Waals surface area contributed by atoms with Crippen molar-refractivity contribution in [3.05, 3.63) is 30.3 Å². The Labute approximate surface area is 195 Å². The van der Waals surface area contributed by atoms with Gasteiger partial charge < -0.3 is 25.3 Å². The van der Waals surface area contributed by atoms with Crippen molar-refractivity contribution in [3.63, 3.8) is 0 Å². The number of guanidine groups is 1. The molecule has 6 nitrogen and oxygen atoms in total.